The number of hydrogen-bond acceptors (Lipinski definition) is 4. The second-order valence-electron chi connectivity index (χ2n) is 3.86. The van der Waals surface area contributed by atoms with Crippen LogP contribution in [0.1, 0.15) is 15.4 Å². The van der Waals surface area contributed by atoms with Crippen molar-refractivity contribution < 1.29 is 4.79 Å². The van der Waals surface area contributed by atoms with Crippen LogP contribution in [-0.2, 0) is 6.54 Å². The topological polar surface area (TPSA) is 59.3 Å². The fourth-order valence-electron chi connectivity index (χ4n) is 1.65. The molecule has 0 aliphatic rings. The third-order valence-corrected chi connectivity index (χ3v) is 4.18. The molecule has 1 N–H and O–H groups in total. The Bertz CT molecular complexity index is 736. The number of thiophene rings is 1. The molecule has 3 heterocycles. The second-order valence-corrected chi connectivity index (χ2v) is 6.32. The molecule has 0 aliphatic carbocycles. The smallest absolute Gasteiger partial charge is 0.261 e. The number of fused-ring (bicyclic) bond motifs is 1. The van der Waals surface area contributed by atoms with Gasteiger partial charge >= 0.3 is 0 Å². The van der Waals surface area contributed by atoms with Gasteiger partial charge in [-0.1, -0.05) is 0 Å². The zero-order chi connectivity index (χ0) is 13.2. The Morgan fingerprint density at radius 2 is 2.32 bits per heavy atom. The van der Waals surface area contributed by atoms with Crippen LogP contribution in [-0.4, -0.2) is 20.3 Å². The van der Waals surface area contributed by atoms with E-state index in [0.717, 1.165) is 15.1 Å². The van der Waals surface area contributed by atoms with E-state index in [9.17, 15) is 4.79 Å². The fourth-order valence-corrected chi connectivity index (χ4v) is 2.96. The minimum atomic E-state index is -0.0942. The predicted molar refractivity (Wildman–Crippen MR) is 76.2 cm³/mol. The number of carbonyl (C=O) groups is 1. The zero-order valence-electron chi connectivity index (χ0n) is 9.71. The molecular formula is C12H9BrN4OS. The number of hydrogen-bond donors (Lipinski definition) is 1. The first kappa shape index (κ1) is 12.3. The van der Waals surface area contributed by atoms with Crippen LogP contribution in [0.2, 0.25) is 0 Å². The molecule has 0 aromatic carbocycles. The van der Waals surface area contributed by atoms with Crippen LogP contribution in [0.15, 0.2) is 40.7 Å². The van der Waals surface area contributed by atoms with Crippen LogP contribution < -0.4 is 5.32 Å². The molecule has 0 spiro atoms. The van der Waals surface area contributed by atoms with Crippen LogP contribution in [0.4, 0.5) is 0 Å². The molecule has 0 atom stereocenters. The Hall–Kier alpha value is -1.73. The van der Waals surface area contributed by atoms with Crippen molar-refractivity contribution in [1.82, 2.24) is 19.7 Å². The highest BCUT2D eigenvalue weighted by molar-refractivity contribution is 9.11. The lowest BCUT2D eigenvalue weighted by Crippen LogP contribution is -2.22. The molecule has 3 rings (SSSR count). The highest BCUT2D eigenvalue weighted by Gasteiger charge is 2.08. The van der Waals surface area contributed by atoms with Crippen LogP contribution in [0, 0.1) is 0 Å². The van der Waals surface area contributed by atoms with Gasteiger partial charge in [-0.3, -0.25) is 9.78 Å². The lowest BCUT2D eigenvalue weighted by Gasteiger charge is -2.03. The molecule has 0 radical (unpaired) electrons. The van der Waals surface area contributed by atoms with Gasteiger partial charge in [-0.25, -0.2) is 4.98 Å². The van der Waals surface area contributed by atoms with Gasteiger partial charge in [-0.05, 0) is 28.1 Å². The first-order valence-corrected chi connectivity index (χ1v) is 7.14. The average molecular weight is 337 g/mol. The van der Waals surface area contributed by atoms with Crippen molar-refractivity contribution in [3.8, 4) is 0 Å². The van der Waals surface area contributed by atoms with Crippen molar-refractivity contribution in [2.24, 2.45) is 0 Å². The lowest BCUT2D eigenvalue weighted by molar-refractivity contribution is 0.0954. The van der Waals surface area contributed by atoms with Crippen molar-refractivity contribution in [1.29, 1.82) is 0 Å². The molecule has 3 aromatic heterocycles. The van der Waals surface area contributed by atoms with Gasteiger partial charge in [0.05, 0.1) is 27.1 Å². The summed E-state index contributed by atoms with van der Waals surface area (Å²) < 4.78 is 2.81. The molecule has 0 unspecified atom stereocenters. The van der Waals surface area contributed by atoms with Crippen LogP contribution in [0.25, 0.3) is 5.65 Å². The lowest BCUT2D eigenvalue weighted by atomic mass is 10.4. The van der Waals surface area contributed by atoms with E-state index in [1.807, 2.05) is 22.9 Å². The van der Waals surface area contributed by atoms with Crippen molar-refractivity contribution in [2.75, 3.05) is 0 Å². The van der Waals surface area contributed by atoms with E-state index in [0.29, 0.717) is 11.4 Å². The maximum Gasteiger partial charge on any atom is 0.261 e. The van der Waals surface area contributed by atoms with E-state index in [4.69, 9.17) is 0 Å². The number of nitrogens with zero attached hydrogens (tertiary/aromatic N) is 3. The Balaban J connectivity index is 1.70. The number of aromatic nitrogens is 3. The summed E-state index contributed by atoms with van der Waals surface area (Å²) in [5.74, 6) is -0.0942. The number of carbonyl (C=O) groups excluding carboxylic acids is 1. The molecule has 0 fully saturated rings. The summed E-state index contributed by atoms with van der Waals surface area (Å²) in [5.41, 5.74) is 1.58. The average Bonchev–Trinajstić information content (AvgIpc) is 3.03. The summed E-state index contributed by atoms with van der Waals surface area (Å²) in [6.07, 6.45) is 7.09. The standard InChI is InChI=1S/C12H9BrN4OS/c13-10-2-1-9(19-10)12(18)16-5-8-7-17-4-3-14-11(17)6-15-8/h1-4,6-7H,5H2,(H,16,18). The highest BCUT2D eigenvalue weighted by Crippen LogP contribution is 2.21. The van der Waals surface area contributed by atoms with Gasteiger partial charge in [0.25, 0.3) is 5.91 Å². The van der Waals surface area contributed by atoms with Crippen molar-refractivity contribution in [3.05, 3.63) is 51.3 Å². The molecule has 19 heavy (non-hydrogen) atoms. The van der Waals surface area contributed by atoms with Gasteiger partial charge in [0.15, 0.2) is 5.65 Å². The summed E-state index contributed by atoms with van der Waals surface area (Å²) in [5, 5.41) is 2.84. The quantitative estimate of drug-likeness (QED) is 0.799. The van der Waals surface area contributed by atoms with Crippen molar-refractivity contribution >= 4 is 38.8 Å². The first-order valence-electron chi connectivity index (χ1n) is 5.53. The number of rotatable bonds is 3. The van der Waals surface area contributed by atoms with Gasteiger partial charge in [0.1, 0.15) is 0 Å². The van der Waals surface area contributed by atoms with E-state index in [1.54, 1.807) is 18.5 Å². The minimum Gasteiger partial charge on any atom is -0.346 e. The summed E-state index contributed by atoms with van der Waals surface area (Å²) in [6.45, 7) is 0.391. The summed E-state index contributed by atoms with van der Waals surface area (Å²) >= 11 is 4.74. The maximum absolute atomic E-state index is 11.9. The van der Waals surface area contributed by atoms with E-state index >= 15 is 0 Å². The zero-order valence-corrected chi connectivity index (χ0v) is 12.1. The SMILES string of the molecule is O=C(NCc1cn2ccnc2cn1)c1ccc(Br)s1. The first-order chi connectivity index (χ1) is 9.22. The monoisotopic (exact) mass is 336 g/mol. The van der Waals surface area contributed by atoms with Crippen LogP contribution >= 0.6 is 27.3 Å². The van der Waals surface area contributed by atoms with Crippen molar-refractivity contribution in [3.63, 3.8) is 0 Å². The van der Waals surface area contributed by atoms with Crippen molar-refractivity contribution in [2.45, 2.75) is 6.54 Å². The summed E-state index contributed by atoms with van der Waals surface area (Å²) in [6, 6.07) is 3.64. The van der Waals surface area contributed by atoms with E-state index < -0.39 is 0 Å². The van der Waals surface area contributed by atoms with Gasteiger partial charge in [0, 0.05) is 18.6 Å². The van der Waals surface area contributed by atoms with E-state index in [2.05, 4.69) is 31.2 Å². The third-order valence-electron chi connectivity index (χ3n) is 2.56. The maximum atomic E-state index is 11.9. The van der Waals surface area contributed by atoms with Gasteiger partial charge < -0.3 is 9.72 Å². The molecule has 0 saturated heterocycles. The van der Waals surface area contributed by atoms with Gasteiger partial charge in [-0.15, -0.1) is 11.3 Å². The number of imidazole rings is 1. The molecule has 0 aliphatic heterocycles. The molecule has 0 bridgehead atoms. The fraction of sp³-hybridized carbons (Fsp3) is 0.0833. The second kappa shape index (κ2) is 5.10. The van der Waals surface area contributed by atoms with Gasteiger partial charge in [-0.2, -0.15) is 0 Å². The summed E-state index contributed by atoms with van der Waals surface area (Å²) in [7, 11) is 0. The number of halogens is 1. The minimum absolute atomic E-state index is 0.0942. The highest BCUT2D eigenvalue weighted by atomic mass is 79.9. The predicted octanol–water partition coefficient (Wildman–Crippen LogP) is 2.48. The molecular weight excluding hydrogens is 328 g/mol. The summed E-state index contributed by atoms with van der Waals surface area (Å²) in [4.78, 5) is 20.9. The molecule has 96 valence electrons. The van der Waals surface area contributed by atoms with E-state index in [1.165, 1.54) is 11.3 Å². The normalized spacial score (nSPS) is 10.8. The van der Waals surface area contributed by atoms with E-state index in [-0.39, 0.29) is 5.91 Å². The molecule has 0 saturated carbocycles. The molecule has 5 nitrogen and oxygen atoms in total. The molecule has 7 heteroatoms. The van der Waals surface area contributed by atoms with Crippen LogP contribution in [0.5, 0.6) is 0 Å². The third kappa shape index (κ3) is 2.66. The Morgan fingerprint density at radius 1 is 1.42 bits per heavy atom. The Labute approximate surface area is 121 Å². The Kier molecular flexibility index (Phi) is 3.31. The Morgan fingerprint density at radius 3 is 3.11 bits per heavy atom. The largest absolute Gasteiger partial charge is 0.346 e. The van der Waals surface area contributed by atoms with Gasteiger partial charge in [0.2, 0.25) is 0 Å². The number of nitrogens with one attached hydrogen (secondary N) is 1. The molecule has 3 aromatic rings. The molecule has 1 amide bonds. The number of amides is 1. The van der Waals surface area contributed by atoms with Crippen LogP contribution in [0.3, 0.4) is 0 Å².